The van der Waals surface area contributed by atoms with Crippen LogP contribution in [0.1, 0.15) is 44.7 Å². The summed E-state index contributed by atoms with van der Waals surface area (Å²) < 4.78 is 31.5. The molecule has 0 bridgehead atoms. The van der Waals surface area contributed by atoms with Gasteiger partial charge in [-0.05, 0) is 62.8 Å². The predicted molar refractivity (Wildman–Crippen MR) is 135 cm³/mol. The number of halogens is 1. The average Bonchev–Trinajstić information content (AvgIpc) is 3.08. The van der Waals surface area contributed by atoms with Crippen molar-refractivity contribution >= 4 is 17.4 Å². The third-order valence-electron chi connectivity index (χ3n) is 6.97. The van der Waals surface area contributed by atoms with Crippen LogP contribution < -0.4 is 0 Å². The number of hydrogen-bond acceptors (Lipinski definition) is 7. The van der Waals surface area contributed by atoms with E-state index in [9.17, 15) is 14.9 Å². The number of benzene rings is 1. The third-order valence-corrected chi connectivity index (χ3v) is 6.97. The molecule has 2 atom stereocenters. The van der Waals surface area contributed by atoms with Gasteiger partial charge in [0, 0.05) is 26.2 Å². The fraction of sp³-hybridized carbons (Fsp3) is 0.607. The smallest absolute Gasteiger partial charge is 0.410 e. The van der Waals surface area contributed by atoms with E-state index < -0.39 is 35.3 Å². The first-order valence-electron chi connectivity index (χ1n) is 13.0. The summed E-state index contributed by atoms with van der Waals surface area (Å²) in [6.45, 7) is 9.30. The van der Waals surface area contributed by atoms with E-state index in [1.54, 1.807) is 26.8 Å². The van der Waals surface area contributed by atoms with Crippen molar-refractivity contribution in [3.8, 4) is 6.07 Å². The minimum Gasteiger partial charge on any atom is -0.444 e. The van der Waals surface area contributed by atoms with E-state index in [1.807, 2.05) is 12.1 Å². The number of amides is 1. The summed E-state index contributed by atoms with van der Waals surface area (Å²) in [5.41, 5.74) is 1.57. The Morgan fingerprint density at radius 3 is 2.65 bits per heavy atom. The SMILES string of the molecule is CC(C)(C)OC(=O)N1CCCOC(C(=O)[C@H](C#N)Cc2ccc(C3=CCN(C4COC4)CC3)cc2F)C1. The number of nitriles is 1. The maximum Gasteiger partial charge on any atom is 0.410 e. The van der Waals surface area contributed by atoms with Gasteiger partial charge in [-0.1, -0.05) is 18.2 Å². The summed E-state index contributed by atoms with van der Waals surface area (Å²) in [6.07, 6.45) is 1.99. The average molecular weight is 514 g/mol. The summed E-state index contributed by atoms with van der Waals surface area (Å²) in [6, 6.07) is 7.52. The molecule has 0 spiro atoms. The van der Waals surface area contributed by atoms with Crippen LogP contribution >= 0.6 is 0 Å². The number of ketones is 1. The van der Waals surface area contributed by atoms with E-state index >= 15 is 4.39 Å². The second-order valence-corrected chi connectivity index (χ2v) is 10.9. The van der Waals surface area contributed by atoms with Crippen molar-refractivity contribution in [1.82, 2.24) is 9.80 Å². The molecule has 1 aromatic rings. The lowest BCUT2D eigenvalue weighted by atomic mass is 9.91. The lowest BCUT2D eigenvalue weighted by molar-refractivity contribution is -0.132. The molecular weight excluding hydrogens is 477 g/mol. The molecule has 9 heteroatoms. The number of rotatable bonds is 6. The number of carbonyl (C=O) groups is 2. The first kappa shape index (κ1) is 27.2. The Morgan fingerprint density at radius 2 is 2.05 bits per heavy atom. The topological polar surface area (TPSA) is 92.1 Å². The van der Waals surface area contributed by atoms with Gasteiger partial charge in [-0.3, -0.25) is 9.69 Å². The lowest BCUT2D eigenvalue weighted by Gasteiger charge is -2.38. The normalized spacial score (nSPS) is 22.3. The fourth-order valence-corrected chi connectivity index (χ4v) is 4.77. The van der Waals surface area contributed by atoms with Gasteiger partial charge < -0.3 is 19.1 Å². The van der Waals surface area contributed by atoms with Crippen LogP contribution in [-0.2, 0) is 25.4 Å². The van der Waals surface area contributed by atoms with Gasteiger partial charge in [0.05, 0.1) is 31.9 Å². The van der Waals surface area contributed by atoms with Crippen LogP contribution in [-0.4, -0.2) is 85.4 Å². The number of nitrogens with zero attached hydrogens (tertiary/aromatic N) is 3. The van der Waals surface area contributed by atoms with E-state index in [2.05, 4.69) is 11.0 Å². The van der Waals surface area contributed by atoms with Gasteiger partial charge in [0.2, 0.25) is 0 Å². The minimum absolute atomic E-state index is 0.00546. The third kappa shape index (κ3) is 6.95. The molecule has 1 unspecified atom stereocenters. The standard InChI is InChI=1S/C28H36FN3O5/c1-28(2,3)37-27(34)32-9-4-12-36-25(16-32)26(33)22(15-30)13-21-6-5-20(14-24(21)29)19-7-10-31(11-8-19)23-17-35-18-23/h5-7,14,22-23,25H,4,8-13,16-18H2,1-3H3/t22-,25?/m0/s1. The Morgan fingerprint density at radius 1 is 1.27 bits per heavy atom. The summed E-state index contributed by atoms with van der Waals surface area (Å²) in [7, 11) is 0. The maximum absolute atomic E-state index is 15.1. The molecule has 8 nitrogen and oxygen atoms in total. The molecule has 4 rings (SSSR count). The van der Waals surface area contributed by atoms with Crippen molar-refractivity contribution in [3.05, 3.63) is 41.2 Å². The summed E-state index contributed by atoms with van der Waals surface area (Å²) in [4.78, 5) is 29.6. The minimum atomic E-state index is -1.09. The number of carbonyl (C=O) groups excluding carboxylic acids is 2. The highest BCUT2D eigenvalue weighted by Crippen LogP contribution is 2.27. The molecule has 1 aromatic carbocycles. The molecular formula is C28H36FN3O5. The zero-order valence-electron chi connectivity index (χ0n) is 21.9. The van der Waals surface area contributed by atoms with Crippen LogP contribution in [0.2, 0.25) is 0 Å². The predicted octanol–water partition coefficient (Wildman–Crippen LogP) is 3.59. The molecule has 3 aliphatic rings. The lowest BCUT2D eigenvalue weighted by Crippen LogP contribution is -2.50. The van der Waals surface area contributed by atoms with E-state index in [0.29, 0.717) is 24.6 Å². The van der Waals surface area contributed by atoms with Crippen molar-refractivity contribution in [2.24, 2.45) is 5.92 Å². The van der Waals surface area contributed by atoms with Gasteiger partial charge in [0.25, 0.3) is 0 Å². The molecule has 0 aromatic heterocycles. The molecule has 3 aliphatic heterocycles. The Labute approximate surface area is 217 Å². The highest BCUT2D eigenvalue weighted by atomic mass is 19.1. The van der Waals surface area contributed by atoms with E-state index in [1.165, 1.54) is 11.0 Å². The molecule has 0 aliphatic carbocycles. The molecule has 0 N–H and O–H groups in total. The first-order chi connectivity index (χ1) is 17.6. The summed E-state index contributed by atoms with van der Waals surface area (Å²) in [5.74, 6) is -1.97. The van der Waals surface area contributed by atoms with E-state index in [4.69, 9.17) is 14.2 Å². The van der Waals surface area contributed by atoms with Gasteiger partial charge in [-0.2, -0.15) is 5.26 Å². The largest absolute Gasteiger partial charge is 0.444 e. The Hall–Kier alpha value is -2.80. The number of Topliss-reactive ketones (excluding diaryl/α,β-unsaturated/α-hetero) is 1. The molecule has 3 heterocycles. The Kier molecular flexibility index (Phi) is 8.63. The van der Waals surface area contributed by atoms with Crippen LogP contribution in [0.5, 0.6) is 0 Å². The van der Waals surface area contributed by atoms with Crippen molar-refractivity contribution in [2.45, 2.75) is 57.8 Å². The van der Waals surface area contributed by atoms with Crippen LogP contribution in [0.4, 0.5) is 9.18 Å². The van der Waals surface area contributed by atoms with Crippen LogP contribution in [0.25, 0.3) is 5.57 Å². The quantitative estimate of drug-likeness (QED) is 0.574. The monoisotopic (exact) mass is 513 g/mol. The van der Waals surface area contributed by atoms with Gasteiger partial charge in [-0.25, -0.2) is 9.18 Å². The zero-order chi connectivity index (χ0) is 26.6. The molecule has 200 valence electrons. The van der Waals surface area contributed by atoms with Gasteiger partial charge >= 0.3 is 6.09 Å². The van der Waals surface area contributed by atoms with Gasteiger partial charge in [-0.15, -0.1) is 0 Å². The molecule has 1 amide bonds. The van der Waals surface area contributed by atoms with Crippen LogP contribution in [0.3, 0.4) is 0 Å². The molecule has 2 saturated heterocycles. The van der Waals surface area contributed by atoms with Crippen molar-refractivity contribution in [1.29, 1.82) is 5.26 Å². The van der Waals surface area contributed by atoms with E-state index in [0.717, 1.165) is 43.9 Å². The molecule has 2 fully saturated rings. The highest BCUT2D eigenvalue weighted by molar-refractivity contribution is 5.88. The maximum atomic E-state index is 15.1. The van der Waals surface area contributed by atoms with E-state index in [-0.39, 0.29) is 19.6 Å². The van der Waals surface area contributed by atoms with Crippen molar-refractivity contribution < 1.29 is 28.2 Å². The van der Waals surface area contributed by atoms with Gasteiger partial charge in [0.1, 0.15) is 23.4 Å². The van der Waals surface area contributed by atoms with Crippen molar-refractivity contribution in [2.75, 3.05) is 46.0 Å². The fourth-order valence-electron chi connectivity index (χ4n) is 4.77. The number of ether oxygens (including phenoxy) is 3. The van der Waals surface area contributed by atoms with Crippen molar-refractivity contribution in [3.63, 3.8) is 0 Å². The Balaban J connectivity index is 1.39. The Bertz CT molecular complexity index is 1070. The first-order valence-corrected chi connectivity index (χ1v) is 13.0. The second kappa shape index (κ2) is 11.7. The zero-order valence-corrected chi connectivity index (χ0v) is 21.9. The van der Waals surface area contributed by atoms with Crippen LogP contribution in [0, 0.1) is 23.1 Å². The highest BCUT2D eigenvalue weighted by Gasteiger charge is 2.34. The molecule has 0 radical (unpaired) electrons. The second-order valence-electron chi connectivity index (χ2n) is 10.9. The molecule has 37 heavy (non-hydrogen) atoms. The summed E-state index contributed by atoms with van der Waals surface area (Å²) >= 11 is 0. The molecule has 0 saturated carbocycles. The van der Waals surface area contributed by atoms with Crippen LogP contribution in [0.15, 0.2) is 24.3 Å². The summed E-state index contributed by atoms with van der Waals surface area (Å²) in [5, 5.41) is 9.75. The number of hydrogen-bond donors (Lipinski definition) is 0. The van der Waals surface area contributed by atoms with Gasteiger partial charge in [0.15, 0.2) is 5.78 Å².